The van der Waals surface area contributed by atoms with E-state index < -0.39 is 8.07 Å². The maximum Gasteiger partial charge on any atom is 0.158 e. The summed E-state index contributed by atoms with van der Waals surface area (Å²) in [5, 5.41) is 4.43. The molecule has 27 heavy (non-hydrogen) atoms. The highest BCUT2D eigenvalue weighted by Crippen LogP contribution is 2.33. The third kappa shape index (κ3) is 3.24. The van der Waals surface area contributed by atoms with E-state index in [0.29, 0.717) is 5.54 Å². The SMILES string of the molecule is CCCC1=CC([Si](c2ccccc2)(c2ccccc2)c2ccccc2)C=C1. The van der Waals surface area contributed by atoms with Crippen molar-refractivity contribution >= 4 is 23.6 Å². The summed E-state index contributed by atoms with van der Waals surface area (Å²) in [6, 6.07) is 33.6. The Kier molecular flexibility index (Phi) is 5.22. The van der Waals surface area contributed by atoms with Crippen LogP contribution in [0.2, 0.25) is 5.54 Å². The van der Waals surface area contributed by atoms with Gasteiger partial charge in [0, 0.05) is 5.54 Å². The molecule has 0 heterocycles. The van der Waals surface area contributed by atoms with Gasteiger partial charge in [-0.3, -0.25) is 0 Å². The van der Waals surface area contributed by atoms with Gasteiger partial charge in [0.1, 0.15) is 0 Å². The number of hydrogen-bond acceptors (Lipinski definition) is 0. The average molecular weight is 367 g/mol. The highest BCUT2D eigenvalue weighted by atomic mass is 28.3. The first-order valence-corrected chi connectivity index (χ1v) is 12.0. The van der Waals surface area contributed by atoms with Crippen LogP contribution in [0.4, 0.5) is 0 Å². The molecule has 0 saturated heterocycles. The van der Waals surface area contributed by atoms with Crippen molar-refractivity contribution in [3.05, 3.63) is 115 Å². The molecule has 0 aromatic heterocycles. The number of allylic oxidation sites excluding steroid dienone is 4. The fourth-order valence-corrected chi connectivity index (χ4v) is 9.63. The summed E-state index contributed by atoms with van der Waals surface area (Å²) >= 11 is 0. The van der Waals surface area contributed by atoms with Crippen LogP contribution < -0.4 is 15.6 Å². The van der Waals surface area contributed by atoms with Gasteiger partial charge in [0.15, 0.2) is 8.07 Å². The molecule has 1 unspecified atom stereocenters. The van der Waals surface area contributed by atoms with E-state index >= 15 is 0 Å². The van der Waals surface area contributed by atoms with Gasteiger partial charge in [-0.1, -0.05) is 128 Å². The van der Waals surface area contributed by atoms with Gasteiger partial charge in [-0.05, 0) is 22.0 Å². The van der Waals surface area contributed by atoms with Crippen LogP contribution in [-0.4, -0.2) is 8.07 Å². The summed E-state index contributed by atoms with van der Waals surface area (Å²) in [6.45, 7) is 2.26. The molecule has 0 fully saturated rings. The topological polar surface area (TPSA) is 0 Å². The zero-order chi connectivity index (χ0) is 18.5. The second-order valence-electron chi connectivity index (χ2n) is 7.28. The molecule has 0 spiro atoms. The van der Waals surface area contributed by atoms with Gasteiger partial charge in [-0.15, -0.1) is 0 Å². The van der Waals surface area contributed by atoms with E-state index in [1.54, 1.807) is 0 Å². The molecule has 3 aromatic carbocycles. The lowest BCUT2D eigenvalue weighted by atomic mass is 10.2. The Hall–Kier alpha value is -2.64. The van der Waals surface area contributed by atoms with Crippen LogP contribution in [0.1, 0.15) is 19.8 Å². The van der Waals surface area contributed by atoms with Crippen molar-refractivity contribution in [3.63, 3.8) is 0 Å². The minimum Gasteiger partial charge on any atom is -0.0790 e. The molecule has 1 aliphatic carbocycles. The molecule has 134 valence electrons. The van der Waals surface area contributed by atoms with Crippen LogP contribution in [0.3, 0.4) is 0 Å². The Balaban J connectivity index is 2.01. The predicted octanol–water partition coefficient (Wildman–Crippen LogP) is 4.82. The Morgan fingerprint density at radius 2 is 1.11 bits per heavy atom. The van der Waals surface area contributed by atoms with Gasteiger partial charge < -0.3 is 0 Å². The summed E-state index contributed by atoms with van der Waals surface area (Å²) in [6.07, 6.45) is 9.73. The van der Waals surface area contributed by atoms with Crippen molar-refractivity contribution in [2.24, 2.45) is 0 Å². The third-order valence-corrected chi connectivity index (χ3v) is 10.7. The maximum absolute atomic E-state index is 2.54. The fourth-order valence-electron chi connectivity index (χ4n) is 4.47. The first-order valence-electron chi connectivity index (χ1n) is 9.91. The number of benzene rings is 3. The van der Waals surface area contributed by atoms with Crippen LogP contribution in [-0.2, 0) is 0 Å². The van der Waals surface area contributed by atoms with E-state index in [2.05, 4.69) is 116 Å². The van der Waals surface area contributed by atoms with Gasteiger partial charge in [-0.25, -0.2) is 0 Å². The molecule has 0 nitrogen and oxygen atoms in total. The van der Waals surface area contributed by atoms with Crippen molar-refractivity contribution in [1.29, 1.82) is 0 Å². The molecule has 4 rings (SSSR count). The molecule has 0 saturated carbocycles. The van der Waals surface area contributed by atoms with E-state index in [1.165, 1.54) is 27.6 Å². The molecular weight excluding hydrogens is 340 g/mol. The zero-order valence-corrected chi connectivity index (χ0v) is 16.9. The molecule has 1 heteroatoms. The van der Waals surface area contributed by atoms with Crippen molar-refractivity contribution < 1.29 is 0 Å². The van der Waals surface area contributed by atoms with E-state index in [9.17, 15) is 0 Å². The summed E-state index contributed by atoms with van der Waals surface area (Å²) in [5.74, 6) is 0. The van der Waals surface area contributed by atoms with E-state index in [4.69, 9.17) is 0 Å². The first kappa shape index (κ1) is 17.8. The normalized spacial score (nSPS) is 16.3. The lowest BCUT2D eigenvalue weighted by molar-refractivity contribution is 0.927. The van der Waals surface area contributed by atoms with Crippen molar-refractivity contribution in [3.8, 4) is 0 Å². The second kappa shape index (κ2) is 7.94. The molecule has 0 N–H and O–H groups in total. The highest BCUT2D eigenvalue weighted by Gasteiger charge is 2.45. The average Bonchev–Trinajstić information content (AvgIpc) is 3.20. The molecule has 0 radical (unpaired) electrons. The van der Waals surface area contributed by atoms with Gasteiger partial charge in [-0.2, -0.15) is 0 Å². The molecular formula is C26H26Si. The fraction of sp³-hybridized carbons (Fsp3) is 0.154. The van der Waals surface area contributed by atoms with Gasteiger partial charge in [0.2, 0.25) is 0 Å². The maximum atomic E-state index is 2.54. The lowest BCUT2D eigenvalue weighted by Gasteiger charge is -2.37. The number of rotatable bonds is 6. The van der Waals surface area contributed by atoms with Crippen LogP contribution in [0.5, 0.6) is 0 Å². The molecule has 0 bridgehead atoms. The van der Waals surface area contributed by atoms with Crippen molar-refractivity contribution in [2.45, 2.75) is 25.3 Å². The van der Waals surface area contributed by atoms with Crippen LogP contribution in [0.15, 0.2) is 115 Å². The largest absolute Gasteiger partial charge is 0.158 e. The lowest BCUT2D eigenvalue weighted by Crippen LogP contribution is -2.69. The minimum atomic E-state index is -2.22. The highest BCUT2D eigenvalue weighted by molar-refractivity contribution is 7.13. The van der Waals surface area contributed by atoms with Gasteiger partial charge in [0.25, 0.3) is 0 Å². The Bertz CT molecular complexity index is 827. The predicted molar refractivity (Wildman–Crippen MR) is 120 cm³/mol. The standard InChI is InChI=1S/C26H26Si/c1-2-12-22-19-20-26(21-22)27(23-13-6-3-7-14-23,24-15-8-4-9-16-24)25-17-10-5-11-18-25/h3-11,13-21,26H,2,12H2,1H3. The van der Waals surface area contributed by atoms with E-state index in [1.807, 2.05) is 0 Å². The molecule has 0 amide bonds. The van der Waals surface area contributed by atoms with Gasteiger partial charge in [0.05, 0.1) is 0 Å². The van der Waals surface area contributed by atoms with E-state index in [-0.39, 0.29) is 0 Å². The van der Waals surface area contributed by atoms with Crippen molar-refractivity contribution in [2.75, 3.05) is 0 Å². The van der Waals surface area contributed by atoms with Crippen LogP contribution in [0, 0.1) is 0 Å². The minimum absolute atomic E-state index is 0.436. The van der Waals surface area contributed by atoms with Gasteiger partial charge >= 0.3 is 0 Å². The quantitative estimate of drug-likeness (QED) is 0.433. The second-order valence-corrected chi connectivity index (χ2v) is 11.3. The smallest absolute Gasteiger partial charge is 0.0790 e. The van der Waals surface area contributed by atoms with Crippen molar-refractivity contribution in [1.82, 2.24) is 0 Å². The summed E-state index contributed by atoms with van der Waals surface area (Å²) in [5.41, 5.74) is 1.92. The van der Waals surface area contributed by atoms with Crippen LogP contribution in [0.25, 0.3) is 0 Å². The third-order valence-electron chi connectivity index (χ3n) is 5.64. The van der Waals surface area contributed by atoms with E-state index in [0.717, 1.165) is 6.42 Å². The Morgan fingerprint density at radius 1 is 0.667 bits per heavy atom. The summed E-state index contributed by atoms with van der Waals surface area (Å²) in [7, 11) is -2.22. The Labute approximate surface area is 163 Å². The molecule has 1 aliphatic rings. The molecule has 1 atom stereocenters. The summed E-state index contributed by atoms with van der Waals surface area (Å²) in [4.78, 5) is 0. The molecule has 3 aromatic rings. The van der Waals surface area contributed by atoms with Crippen LogP contribution >= 0.6 is 0 Å². The molecule has 0 aliphatic heterocycles. The first-order chi connectivity index (χ1) is 13.4. The zero-order valence-electron chi connectivity index (χ0n) is 15.9. The summed E-state index contributed by atoms with van der Waals surface area (Å²) < 4.78 is 0. The monoisotopic (exact) mass is 366 g/mol. The Morgan fingerprint density at radius 3 is 1.52 bits per heavy atom. The number of hydrogen-bond donors (Lipinski definition) is 0.